The summed E-state index contributed by atoms with van der Waals surface area (Å²) in [6, 6.07) is 19.4. The number of fused-ring (bicyclic) bond motifs is 1. The summed E-state index contributed by atoms with van der Waals surface area (Å²) < 4.78 is 4.68. The minimum absolute atomic E-state index is 0.00212. The van der Waals surface area contributed by atoms with E-state index in [9.17, 15) is 10.2 Å². The van der Waals surface area contributed by atoms with Crippen LogP contribution >= 0.6 is 12.2 Å². The van der Waals surface area contributed by atoms with Crippen LogP contribution in [0.2, 0.25) is 0 Å². The lowest BCUT2D eigenvalue weighted by molar-refractivity contribution is 0.452. The lowest BCUT2D eigenvalue weighted by atomic mass is 9.95. The van der Waals surface area contributed by atoms with Gasteiger partial charge in [-0.05, 0) is 80.0 Å². The number of hydrogen-bond acceptors (Lipinski definition) is 4. The number of phenols is 2. The van der Waals surface area contributed by atoms with E-state index in [2.05, 4.69) is 59.9 Å². The molecule has 7 heteroatoms. The summed E-state index contributed by atoms with van der Waals surface area (Å²) in [7, 11) is 0. The molecule has 0 unspecified atom stereocenters. The standard InChI is InChI=1S/C27H26N4O2S/c1-4-17-8-10-19(20-11-9-18(32)15-25(20)33)22(14-17)26-28-29-27(34)31(26)24-7-5-6-23-21(24)12-13-30(23)16(2)3/h5-16,32-33H,4H2,1-3H3,(H,29,34). The molecule has 0 bridgehead atoms. The van der Waals surface area contributed by atoms with E-state index in [4.69, 9.17) is 12.2 Å². The molecule has 0 radical (unpaired) electrons. The van der Waals surface area contributed by atoms with Crippen LogP contribution in [0.15, 0.2) is 66.9 Å². The fourth-order valence-corrected chi connectivity index (χ4v) is 4.73. The zero-order chi connectivity index (χ0) is 24.0. The van der Waals surface area contributed by atoms with E-state index in [0.29, 0.717) is 22.2 Å². The number of rotatable bonds is 5. The summed E-state index contributed by atoms with van der Waals surface area (Å²) in [5.41, 5.74) is 5.46. The highest BCUT2D eigenvalue weighted by molar-refractivity contribution is 7.71. The molecule has 2 aromatic heterocycles. The van der Waals surface area contributed by atoms with Crippen LogP contribution in [0.1, 0.15) is 32.4 Å². The van der Waals surface area contributed by atoms with E-state index in [1.54, 1.807) is 12.1 Å². The van der Waals surface area contributed by atoms with Gasteiger partial charge in [0.15, 0.2) is 10.6 Å². The lowest BCUT2D eigenvalue weighted by Crippen LogP contribution is -2.02. The third-order valence-corrected chi connectivity index (χ3v) is 6.49. The van der Waals surface area contributed by atoms with Crippen molar-refractivity contribution in [1.82, 2.24) is 19.3 Å². The summed E-state index contributed by atoms with van der Waals surface area (Å²) in [4.78, 5) is 0. The summed E-state index contributed by atoms with van der Waals surface area (Å²) in [5.74, 6) is 0.673. The van der Waals surface area contributed by atoms with E-state index in [1.165, 1.54) is 6.07 Å². The topological polar surface area (TPSA) is 79.0 Å². The first-order valence-corrected chi connectivity index (χ1v) is 11.7. The highest BCUT2D eigenvalue weighted by Gasteiger charge is 2.20. The van der Waals surface area contributed by atoms with Crippen molar-refractivity contribution < 1.29 is 10.2 Å². The summed E-state index contributed by atoms with van der Waals surface area (Å²) >= 11 is 5.70. The minimum Gasteiger partial charge on any atom is -0.508 e. The van der Waals surface area contributed by atoms with Crippen molar-refractivity contribution in [2.75, 3.05) is 0 Å². The van der Waals surface area contributed by atoms with Crippen LogP contribution < -0.4 is 0 Å². The molecule has 0 saturated heterocycles. The average molecular weight is 471 g/mol. The van der Waals surface area contributed by atoms with Gasteiger partial charge in [-0.25, -0.2) is 0 Å². The van der Waals surface area contributed by atoms with Crippen molar-refractivity contribution >= 4 is 23.1 Å². The molecule has 0 aliphatic rings. The van der Waals surface area contributed by atoms with Gasteiger partial charge in [-0.1, -0.05) is 25.1 Å². The number of aryl methyl sites for hydroxylation is 1. The van der Waals surface area contributed by atoms with Crippen molar-refractivity contribution in [3.63, 3.8) is 0 Å². The van der Waals surface area contributed by atoms with Crippen LogP contribution in [0.25, 0.3) is 39.1 Å². The molecule has 0 spiro atoms. The first-order chi connectivity index (χ1) is 16.4. The third kappa shape index (κ3) is 3.58. The molecule has 172 valence electrons. The normalized spacial score (nSPS) is 11.5. The van der Waals surface area contributed by atoms with Crippen LogP contribution in [-0.4, -0.2) is 29.5 Å². The van der Waals surface area contributed by atoms with Gasteiger partial charge in [-0.3, -0.25) is 9.67 Å². The highest BCUT2D eigenvalue weighted by Crippen LogP contribution is 2.39. The van der Waals surface area contributed by atoms with Gasteiger partial charge in [-0.2, -0.15) is 5.10 Å². The van der Waals surface area contributed by atoms with E-state index >= 15 is 0 Å². The molecule has 3 N–H and O–H groups in total. The van der Waals surface area contributed by atoms with Gasteiger partial charge in [0.1, 0.15) is 11.5 Å². The zero-order valence-corrected chi connectivity index (χ0v) is 20.1. The predicted molar refractivity (Wildman–Crippen MR) is 138 cm³/mol. The van der Waals surface area contributed by atoms with Crippen molar-refractivity contribution in [3.8, 4) is 39.7 Å². The van der Waals surface area contributed by atoms with Gasteiger partial charge in [-0.15, -0.1) is 0 Å². The fraction of sp³-hybridized carbons (Fsp3) is 0.185. The maximum Gasteiger partial charge on any atom is 0.200 e. The quantitative estimate of drug-likeness (QED) is 0.248. The molecule has 5 rings (SSSR count). The molecular weight excluding hydrogens is 444 g/mol. The Morgan fingerprint density at radius 3 is 2.50 bits per heavy atom. The number of aromatic hydroxyl groups is 2. The Bertz CT molecular complexity index is 1580. The molecular formula is C27H26N4O2S. The van der Waals surface area contributed by atoms with Crippen molar-refractivity contribution in [2.24, 2.45) is 0 Å². The maximum absolute atomic E-state index is 10.6. The number of aromatic nitrogens is 4. The van der Waals surface area contributed by atoms with E-state index in [-0.39, 0.29) is 11.5 Å². The third-order valence-electron chi connectivity index (χ3n) is 6.21. The van der Waals surface area contributed by atoms with Crippen LogP contribution in [0, 0.1) is 4.77 Å². The zero-order valence-electron chi connectivity index (χ0n) is 19.3. The molecule has 2 heterocycles. The smallest absolute Gasteiger partial charge is 0.200 e. The van der Waals surface area contributed by atoms with Crippen LogP contribution in [-0.2, 0) is 6.42 Å². The maximum atomic E-state index is 10.6. The monoisotopic (exact) mass is 470 g/mol. The average Bonchev–Trinajstić information content (AvgIpc) is 3.42. The fourth-order valence-electron chi connectivity index (χ4n) is 4.50. The first kappa shape index (κ1) is 22.0. The second-order valence-electron chi connectivity index (χ2n) is 8.65. The van der Waals surface area contributed by atoms with Gasteiger partial charge in [0.05, 0.1) is 11.2 Å². The summed E-state index contributed by atoms with van der Waals surface area (Å²) in [6.07, 6.45) is 2.95. The molecule has 34 heavy (non-hydrogen) atoms. The molecule has 6 nitrogen and oxygen atoms in total. The Kier molecular flexibility index (Phi) is 5.49. The van der Waals surface area contributed by atoms with E-state index in [0.717, 1.165) is 39.7 Å². The molecule has 0 fully saturated rings. The number of H-pyrrole nitrogens is 1. The number of benzene rings is 3. The minimum atomic E-state index is 0.00212. The van der Waals surface area contributed by atoms with Crippen molar-refractivity contribution in [1.29, 1.82) is 0 Å². The number of hydrogen-bond donors (Lipinski definition) is 3. The number of aromatic amines is 1. The Hall–Kier alpha value is -3.84. The largest absolute Gasteiger partial charge is 0.508 e. The van der Waals surface area contributed by atoms with Crippen LogP contribution in [0.5, 0.6) is 11.5 Å². The predicted octanol–water partition coefficient (Wildman–Crippen LogP) is 6.77. The molecule has 0 atom stereocenters. The Labute approximate surface area is 202 Å². The van der Waals surface area contributed by atoms with E-state index < -0.39 is 0 Å². The first-order valence-electron chi connectivity index (χ1n) is 11.3. The van der Waals surface area contributed by atoms with Gasteiger partial charge < -0.3 is 14.8 Å². The van der Waals surface area contributed by atoms with Crippen LogP contribution in [0.3, 0.4) is 0 Å². The Morgan fingerprint density at radius 1 is 0.971 bits per heavy atom. The SMILES string of the molecule is CCc1ccc(-c2ccc(O)cc2O)c(-c2n[nH]c(=S)n2-c2cccc3c2ccn3C(C)C)c1. The highest BCUT2D eigenvalue weighted by atomic mass is 32.1. The van der Waals surface area contributed by atoms with E-state index in [1.807, 2.05) is 28.8 Å². The summed E-state index contributed by atoms with van der Waals surface area (Å²) in [6.45, 7) is 6.42. The Balaban J connectivity index is 1.79. The molecule has 0 aliphatic carbocycles. The number of nitrogens with zero attached hydrogens (tertiary/aromatic N) is 3. The van der Waals surface area contributed by atoms with Gasteiger partial charge in [0.25, 0.3) is 0 Å². The molecule has 3 aromatic carbocycles. The van der Waals surface area contributed by atoms with Crippen LogP contribution in [0.4, 0.5) is 0 Å². The molecule has 0 aliphatic heterocycles. The second kappa shape index (κ2) is 8.50. The van der Waals surface area contributed by atoms with Crippen molar-refractivity contribution in [3.05, 3.63) is 77.2 Å². The number of phenolic OH excluding ortho intramolecular Hbond substituents is 2. The van der Waals surface area contributed by atoms with Gasteiger partial charge >= 0.3 is 0 Å². The second-order valence-corrected chi connectivity index (χ2v) is 9.04. The molecule has 0 amide bonds. The van der Waals surface area contributed by atoms with Gasteiger partial charge in [0, 0.05) is 34.8 Å². The number of nitrogens with one attached hydrogen (secondary N) is 1. The lowest BCUT2D eigenvalue weighted by Gasteiger charge is -2.15. The summed E-state index contributed by atoms with van der Waals surface area (Å²) in [5, 5.41) is 29.1. The van der Waals surface area contributed by atoms with Crippen molar-refractivity contribution in [2.45, 2.75) is 33.2 Å². The molecule has 5 aromatic rings. The van der Waals surface area contributed by atoms with Gasteiger partial charge in [0.2, 0.25) is 0 Å². The Morgan fingerprint density at radius 2 is 1.76 bits per heavy atom. The molecule has 0 saturated carbocycles.